The lowest BCUT2D eigenvalue weighted by molar-refractivity contribution is -0.151. The van der Waals surface area contributed by atoms with E-state index in [1.54, 1.807) is 11.8 Å². The second-order valence-corrected chi connectivity index (χ2v) is 4.35. The van der Waals surface area contributed by atoms with Crippen LogP contribution in [0.5, 0.6) is 0 Å². The van der Waals surface area contributed by atoms with Crippen LogP contribution in [-0.2, 0) is 29.9 Å². The van der Waals surface area contributed by atoms with Crippen LogP contribution in [0.2, 0.25) is 0 Å². The van der Waals surface area contributed by atoms with E-state index in [0.717, 1.165) is 0 Å². The summed E-state index contributed by atoms with van der Waals surface area (Å²) in [7, 11) is 0. The first-order valence-corrected chi connectivity index (χ1v) is 6.87. The first kappa shape index (κ1) is 18.9. The summed E-state index contributed by atoms with van der Waals surface area (Å²) in [5.74, 6) is -2.18. The predicted molar refractivity (Wildman–Crippen MR) is 66.6 cm³/mol. The first-order chi connectivity index (χ1) is 9.38. The van der Waals surface area contributed by atoms with E-state index in [0.29, 0.717) is 26.3 Å². The summed E-state index contributed by atoms with van der Waals surface area (Å²) in [5.41, 5.74) is 0. The molecule has 0 aliphatic carbocycles. The van der Waals surface area contributed by atoms with Gasteiger partial charge in [0.2, 0.25) is 0 Å². The highest BCUT2D eigenvalue weighted by Gasteiger charge is 2.29. The zero-order valence-corrected chi connectivity index (χ0v) is 11.8. The summed E-state index contributed by atoms with van der Waals surface area (Å²) >= 11 is -2.32. The second-order valence-electron chi connectivity index (χ2n) is 3.71. The van der Waals surface area contributed by atoms with Gasteiger partial charge in [-0.05, 0) is 6.92 Å². The third kappa shape index (κ3) is 8.93. The fourth-order valence-corrected chi connectivity index (χ4v) is 1.72. The molecule has 0 amide bonds. The summed E-state index contributed by atoms with van der Waals surface area (Å²) < 4.78 is 27.8. The minimum atomic E-state index is -2.32. The van der Waals surface area contributed by atoms with Crippen molar-refractivity contribution in [2.24, 2.45) is 0 Å². The molecule has 0 aromatic heterocycles. The molecule has 0 saturated carbocycles. The molecule has 10 heteroatoms. The van der Waals surface area contributed by atoms with E-state index in [-0.39, 0.29) is 13.0 Å². The highest BCUT2D eigenvalue weighted by Crippen LogP contribution is 2.08. The van der Waals surface area contributed by atoms with Crippen LogP contribution in [0.4, 0.5) is 0 Å². The highest BCUT2D eigenvalue weighted by atomic mass is 32.2. The van der Waals surface area contributed by atoms with Crippen LogP contribution >= 0.6 is 0 Å². The number of aliphatic carboxylic acids is 2. The molecule has 0 radical (unpaired) electrons. The molecule has 1 rings (SSSR count). The Labute approximate surface area is 119 Å². The Kier molecular flexibility index (Phi) is 10.1. The van der Waals surface area contributed by atoms with Crippen LogP contribution in [-0.4, -0.2) is 74.8 Å². The van der Waals surface area contributed by atoms with Gasteiger partial charge in [-0.2, -0.15) is 0 Å². The lowest BCUT2D eigenvalue weighted by Gasteiger charge is -2.30. The molecule has 0 aromatic rings. The van der Waals surface area contributed by atoms with E-state index < -0.39 is 29.3 Å². The monoisotopic (exact) mass is 312 g/mol. The molecule has 2 N–H and O–H groups in total. The van der Waals surface area contributed by atoms with E-state index in [9.17, 15) is 18.4 Å². The van der Waals surface area contributed by atoms with Gasteiger partial charge in [-0.25, -0.2) is 4.21 Å². The van der Waals surface area contributed by atoms with Gasteiger partial charge >= 0.3 is 11.9 Å². The van der Waals surface area contributed by atoms with Crippen LogP contribution in [0, 0.1) is 0 Å². The number of hydrogen-bond acceptors (Lipinski definition) is 7. The molecule has 0 aromatic carbocycles. The van der Waals surface area contributed by atoms with Crippen molar-refractivity contribution < 1.29 is 37.5 Å². The molecular formula is C10H18NO8S-. The number of carboxylic acid groups (broad SMARTS) is 2. The number of morpholine rings is 1. The van der Waals surface area contributed by atoms with Gasteiger partial charge in [-0.3, -0.25) is 14.5 Å². The Morgan fingerprint density at radius 3 is 2.25 bits per heavy atom. The van der Waals surface area contributed by atoms with Crippen LogP contribution in [0.3, 0.4) is 0 Å². The van der Waals surface area contributed by atoms with E-state index in [4.69, 9.17) is 14.9 Å². The number of carboxylic acids is 2. The molecule has 1 heterocycles. The molecule has 2 unspecified atom stereocenters. The Morgan fingerprint density at radius 2 is 1.95 bits per heavy atom. The van der Waals surface area contributed by atoms with Gasteiger partial charge in [0.25, 0.3) is 0 Å². The van der Waals surface area contributed by atoms with Crippen LogP contribution in [0.15, 0.2) is 0 Å². The smallest absolute Gasteiger partial charge is 0.321 e. The quantitative estimate of drug-likeness (QED) is 0.595. The molecule has 9 nitrogen and oxygen atoms in total. The summed E-state index contributed by atoms with van der Waals surface area (Å²) in [5, 5.41) is 17.4. The minimum absolute atomic E-state index is 0.218. The van der Waals surface area contributed by atoms with Gasteiger partial charge in [-0.1, -0.05) is 0 Å². The predicted octanol–water partition coefficient (Wildman–Crippen LogP) is -0.936. The number of ether oxygens (including phenoxy) is 1. The average molecular weight is 312 g/mol. The van der Waals surface area contributed by atoms with Crippen molar-refractivity contribution in [3.63, 3.8) is 0 Å². The SMILES string of the molecule is CCOS(=O)[O-].O=C(O)CC(C(=O)O)N1CCOCC1. The van der Waals surface area contributed by atoms with E-state index in [1.165, 1.54) is 0 Å². The number of hydrogen-bond donors (Lipinski definition) is 2. The van der Waals surface area contributed by atoms with Crippen molar-refractivity contribution in [1.82, 2.24) is 4.90 Å². The highest BCUT2D eigenvalue weighted by molar-refractivity contribution is 7.74. The maximum absolute atomic E-state index is 10.8. The van der Waals surface area contributed by atoms with Gasteiger partial charge in [0.15, 0.2) is 0 Å². The fourth-order valence-electron chi connectivity index (χ4n) is 1.52. The Balaban J connectivity index is 0.000000511. The number of carbonyl (C=O) groups is 2. The summed E-state index contributed by atoms with van der Waals surface area (Å²) in [4.78, 5) is 22.8. The van der Waals surface area contributed by atoms with Crippen molar-refractivity contribution in [2.75, 3.05) is 32.9 Å². The average Bonchev–Trinajstić information content (AvgIpc) is 2.37. The van der Waals surface area contributed by atoms with Crippen molar-refractivity contribution in [2.45, 2.75) is 19.4 Å². The molecule has 1 saturated heterocycles. The zero-order valence-electron chi connectivity index (χ0n) is 11.0. The van der Waals surface area contributed by atoms with Gasteiger partial charge in [0.1, 0.15) is 6.04 Å². The van der Waals surface area contributed by atoms with Crippen molar-refractivity contribution in [3.05, 3.63) is 0 Å². The lowest BCUT2D eigenvalue weighted by atomic mass is 10.1. The van der Waals surface area contributed by atoms with Gasteiger partial charge in [0, 0.05) is 13.1 Å². The Bertz CT molecular complexity index is 331. The van der Waals surface area contributed by atoms with Gasteiger partial charge in [0.05, 0.1) is 37.6 Å². The second kappa shape index (κ2) is 10.7. The Hall–Kier alpha value is -1.07. The zero-order chi connectivity index (χ0) is 15.5. The van der Waals surface area contributed by atoms with E-state index >= 15 is 0 Å². The van der Waals surface area contributed by atoms with Crippen molar-refractivity contribution >= 4 is 23.3 Å². The van der Waals surface area contributed by atoms with E-state index in [1.807, 2.05) is 0 Å². The summed E-state index contributed by atoms with van der Waals surface area (Å²) in [6.45, 7) is 3.70. The first-order valence-electron chi connectivity index (χ1n) is 5.87. The van der Waals surface area contributed by atoms with Gasteiger partial charge in [-0.15, -0.1) is 0 Å². The Morgan fingerprint density at radius 1 is 1.40 bits per heavy atom. The van der Waals surface area contributed by atoms with Crippen LogP contribution in [0.1, 0.15) is 13.3 Å². The third-order valence-electron chi connectivity index (χ3n) is 2.35. The lowest BCUT2D eigenvalue weighted by Crippen LogP contribution is -2.48. The third-order valence-corrected chi connectivity index (χ3v) is 2.78. The molecule has 0 bridgehead atoms. The molecule has 0 spiro atoms. The van der Waals surface area contributed by atoms with Crippen LogP contribution in [0.25, 0.3) is 0 Å². The molecule has 118 valence electrons. The number of nitrogens with zero attached hydrogens (tertiary/aromatic N) is 1. The molecule has 1 fully saturated rings. The van der Waals surface area contributed by atoms with Crippen molar-refractivity contribution in [3.8, 4) is 0 Å². The van der Waals surface area contributed by atoms with E-state index in [2.05, 4.69) is 4.18 Å². The van der Waals surface area contributed by atoms with Gasteiger partial charge < -0.3 is 23.7 Å². The molecule has 1 aliphatic heterocycles. The molecular weight excluding hydrogens is 294 g/mol. The largest absolute Gasteiger partial charge is 0.750 e. The molecule has 1 aliphatic rings. The number of rotatable bonds is 6. The topological polar surface area (TPSA) is 136 Å². The molecule has 2 atom stereocenters. The fraction of sp³-hybridized carbons (Fsp3) is 0.800. The normalized spacial score (nSPS) is 18.5. The van der Waals surface area contributed by atoms with Crippen molar-refractivity contribution in [1.29, 1.82) is 0 Å². The minimum Gasteiger partial charge on any atom is -0.750 e. The summed E-state index contributed by atoms with van der Waals surface area (Å²) in [6.07, 6.45) is -0.366. The standard InChI is InChI=1S/C8H13NO5.C2H6O3S/c10-7(11)5-6(8(12)13)9-1-3-14-4-2-9;1-2-5-6(3)4/h6H,1-5H2,(H,10,11)(H,12,13);2H2,1H3,(H,3,4)/p-1. The maximum Gasteiger partial charge on any atom is 0.321 e. The maximum atomic E-state index is 10.8. The van der Waals surface area contributed by atoms with Crippen LogP contribution < -0.4 is 0 Å². The molecule has 20 heavy (non-hydrogen) atoms. The summed E-state index contributed by atoms with van der Waals surface area (Å²) in [6, 6.07) is -0.934.